The Hall–Kier alpha value is -2.64. The molecular formula is C19H17NO4S2. The van der Waals surface area contributed by atoms with Gasteiger partial charge in [-0.3, -0.25) is 9.52 Å². The number of hydrogen-bond donors (Lipinski definition) is 1. The van der Waals surface area contributed by atoms with Crippen molar-refractivity contribution in [1.29, 1.82) is 0 Å². The van der Waals surface area contributed by atoms with E-state index in [0.717, 1.165) is 4.88 Å². The van der Waals surface area contributed by atoms with Crippen molar-refractivity contribution in [2.24, 2.45) is 0 Å². The molecule has 0 bridgehead atoms. The SMILES string of the molecule is COc1ccc(C(=O)c2ccccc2)cc1NS(=O)(=O)c1ccc(C)s1. The molecule has 0 aliphatic rings. The minimum Gasteiger partial charge on any atom is -0.495 e. The van der Waals surface area contributed by atoms with E-state index in [1.807, 2.05) is 13.0 Å². The van der Waals surface area contributed by atoms with Crippen LogP contribution >= 0.6 is 11.3 Å². The number of ether oxygens (including phenoxy) is 1. The Morgan fingerprint density at radius 3 is 2.35 bits per heavy atom. The zero-order valence-corrected chi connectivity index (χ0v) is 15.9. The van der Waals surface area contributed by atoms with Gasteiger partial charge >= 0.3 is 0 Å². The first-order chi connectivity index (χ1) is 12.4. The lowest BCUT2D eigenvalue weighted by atomic mass is 10.0. The van der Waals surface area contributed by atoms with Crippen molar-refractivity contribution in [2.45, 2.75) is 11.1 Å². The van der Waals surface area contributed by atoms with Crippen LogP contribution in [-0.4, -0.2) is 21.3 Å². The van der Waals surface area contributed by atoms with Crippen molar-refractivity contribution in [2.75, 3.05) is 11.8 Å². The second-order valence-corrected chi connectivity index (χ2v) is 8.78. The van der Waals surface area contributed by atoms with Gasteiger partial charge in [-0.25, -0.2) is 8.42 Å². The lowest BCUT2D eigenvalue weighted by Crippen LogP contribution is -2.13. The molecule has 3 rings (SSSR count). The van der Waals surface area contributed by atoms with Crippen LogP contribution in [0.4, 0.5) is 5.69 Å². The summed E-state index contributed by atoms with van der Waals surface area (Å²) < 4.78 is 33.1. The van der Waals surface area contributed by atoms with Gasteiger partial charge in [0.1, 0.15) is 9.96 Å². The van der Waals surface area contributed by atoms with E-state index < -0.39 is 10.0 Å². The van der Waals surface area contributed by atoms with Crippen molar-refractivity contribution >= 4 is 32.8 Å². The molecule has 0 atom stereocenters. The summed E-state index contributed by atoms with van der Waals surface area (Å²) in [5.74, 6) is 0.145. The Labute approximate surface area is 156 Å². The molecule has 0 amide bonds. The van der Waals surface area contributed by atoms with Gasteiger partial charge in [0.05, 0.1) is 12.8 Å². The predicted octanol–water partition coefficient (Wildman–Crippen LogP) is 4.10. The highest BCUT2D eigenvalue weighted by Gasteiger charge is 2.20. The molecular weight excluding hydrogens is 370 g/mol. The highest BCUT2D eigenvalue weighted by molar-refractivity contribution is 7.94. The molecule has 0 aliphatic carbocycles. The van der Waals surface area contributed by atoms with Gasteiger partial charge in [0.15, 0.2) is 5.78 Å². The maximum Gasteiger partial charge on any atom is 0.271 e. The van der Waals surface area contributed by atoms with Crippen molar-refractivity contribution in [3.05, 3.63) is 76.7 Å². The Kier molecular flexibility index (Phi) is 5.11. The summed E-state index contributed by atoms with van der Waals surface area (Å²) in [5, 5.41) is 0. The number of methoxy groups -OCH3 is 1. The summed E-state index contributed by atoms with van der Waals surface area (Å²) in [4.78, 5) is 13.5. The Balaban J connectivity index is 1.97. The van der Waals surface area contributed by atoms with Gasteiger partial charge in [-0.1, -0.05) is 30.3 Å². The number of carbonyl (C=O) groups is 1. The molecule has 0 spiro atoms. The number of rotatable bonds is 6. The van der Waals surface area contributed by atoms with Crippen molar-refractivity contribution in [3.63, 3.8) is 0 Å². The van der Waals surface area contributed by atoms with Crippen LogP contribution in [0.3, 0.4) is 0 Å². The predicted molar refractivity (Wildman–Crippen MR) is 103 cm³/mol. The first-order valence-electron chi connectivity index (χ1n) is 7.78. The number of ketones is 1. The van der Waals surface area contributed by atoms with E-state index >= 15 is 0 Å². The van der Waals surface area contributed by atoms with Gasteiger partial charge in [0.2, 0.25) is 0 Å². The third-order valence-electron chi connectivity index (χ3n) is 3.72. The standard InChI is InChI=1S/C19H17NO4S2/c1-13-8-11-18(25-13)26(22,23)20-16-12-15(9-10-17(16)24-2)19(21)14-6-4-3-5-7-14/h3-12,20H,1-2H3. The van der Waals surface area contributed by atoms with Crippen LogP contribution in [0, 0.1) is 6.92 Å². The summed E-state index contributed by atoms with van der Waals surface area (Å²) in [6, 6.07) is 16.8. The van der Waals surface area contributed by atoms with Crippen LogP contribution < -0.4 is 9.46 Å². The molecule has 3 aromatic rings. The fourth-order valence-electron chi connectivity index (χ4n) is 2.44. The molecule has 5 nitrogen and oxygen atoms in total. The third kappa shape index (κ3) is 3.79. The zero-order valence-electron chi connectivity index (χ0n) is 14.2. The largest absolute Gasteiger partial charge is 0.495 e. The molecule has 0 unspecified atom stereocenters. The lowest BCUT2D eigenvalue weighted by Gasteiger charge is -2.12. The lowest BCUT2D eigenvalue weighted by molar-refractivity contribution is 0.103. The van der Waals surface area contributed by atoms with Crippen LogP contribution in [0.2, 0.25) is 0 Å². The van der Waals surface area contributed by atoms with Gasteiger partial charge in [-0.05, 0) is 37.3 Å². The minimum absolute atomic E-state index is 0.194. The smallest absolute Gasteiger partial charge is 0.271 e. The molecule has 0 saturated carbocycles. The van der Waals surface area contributed by atoms with E-state index in [2.05, 4.69) is 4.72 Å². The van der Waals surface area contributed by atoms with Crippen molar-refractivity contribution in [3.8, 4) is 5.75 Å². The molecule has 0 aliphatic heterocycles. The molecule has 1 N–H and O–H groups in total. The van der Waals surface area contributed by atoms with E-state index in [9.17, 15) is 13.2 Å². The minimum atomic E-state index is -3.75. The first kappa shape index (κ1) is 18.2. The molecule has 1 aromatic heterocycles. The Morgan fingerprint density at radius 2 is 1.73 bits per heavy atom. The van der Waals surface area contributed by atoms with Gasteiger partial charge in [-0.15, -0.1) is 11.3 Å². The monoisotopic (exact) mass is 387 g/mol. The summed E-state index contributed by atoms with van der Waals surface area (Å²) >= 11 is 1.18. The molecule has 0 radical (unpaired) electrons. The second-order valence-electron chi connectivity index (χ2n) is 5.58. The number of aryl methyl sites for hydroxylation is 1. The quantitative estimate of drug-likeness (QED) is 0.647. The number of nitrogens with one attached hydrogen (secondary N) is 1. The first-order valence-corrected chi connectivity index (χ1v) is 10.1. The number of anilines is 1. The Morgan fingerprint density at radius 1 is 1.00 bits per heavy atom. The van der Waals surface area contributed by atoms with Gasteiger partial charge in [0.25, 0.3) is 10.0 Å². The summed E-state index contributed by atoms with van der Waals surface area (Å²) in [7, 11) is -2.31. The molecule has 134 valence electrons. The fourth-order valence-corrected chi connectivity index (χ4v) is 4.78. The van der Waals surface area contributed by atoms with E-state index in [-0.39, 0.29) is 15.7 Å². The molecule has 26 heavy (non-hydrogen) atoms. The number of benzene rings is 2. The second kappa shape index (κ2) is 7.31. The highest BCUT2D eigenvalue weighted by Crippen LogP contribution is 2.30. The summed E-state index contributed by atoms with van der Waals surface area (Å²) in [6.45, 7) is 1.84. The average Bonchev–Trinajstić information content (AvgIpc) is 3.09. The molecule has 0 saturated heterocycles. The number of sulfonamides is 1. The maximum atomic E-state index is 12.6. The van der Waals surface area contributed by atoms with Crippen LogP contribution in [0.5, 0.6) is 5.75 Å². The maximum absolute atomic E-state index is 12.6. The van der Waals surface area contributed by atoms with Crippen molar-refractivity contribution in [1.82, 2.24) is 0 Å². The number of hydrogen-bond acceptors (Lipinski definition) is 5. The summed E-state index contributed by atoms with van der Waals surface area (Å²) in [6.07, 6.45) is 0. The van der Waals surface area contributed by atoms with Crippen LogP contribution in [-0.2, 0) is 10.0 Å². The number of thiophene rings is 1. The van der Waals surface area contributed by atoms with E-state index in [1.54, 1.807) is 48.5 Å². The van der Waals surface area contributed by atoms with Gasteiger partial charge < -0.3 is 4.74 Å². The molecule has 0 fully saturated rings. The fraction of sp³-hybridized carbons (Fsp3) is 0.105. The number of carbonyl (C=O) groups excluding carboxylic acids is 1. The van der Waals surface area contributed by atoms with E-state index in [1.165, 1.54) is 24.5 Å². The van der Waals surface area contributed by atoms with E-state index in [0.29, 0.717) is 16.9 Å². The third-order valence-corrected chi connectivity index (χ3v) is 6.58. The van der Waals surface area contributed by atoms with Gasteiger partial charge in [0, 0.05) is 16.0 Å². The average molecular weight is 387 g/mol. The van der Waals surface area contributed by atoms with Gasteiger partial charge in [-0.2, -0.15) is 0 Å². The van der Waals surface area contributed by atoms with Crippen LogP contribution in [0.25, 0.3) is 0 Å². The topological polar surface area (TPSA) is 72.5 Å². The van der Waals surface area contributed by atoms with Crippen LogP contribution in [0.15, 0.2) is 64.9 Å². The molecule has 2 aromatic carbocycles. The zero-order chi connectivity index (χ0) is 18.7. The van der Waals surface area contributed by atoms with Crippen LogP contribution in [0.1, 0.15) is 20.8 Å². The van der Waals surface area contributed by atoms with Crippen molar-refractivity contribution < 1.29 is 17.9 Å². The highest BCUT2D eigenvalue weighted by atomic mass is 32.2. The normalized spacial score (nSPS) is 11.2. The molecule has 7 heteroatoms. The molecule has 1 heterocycles. The Bertz CT molecular complexity index is 1040. The van der Waals surface area contributed by atoms with E-state index in [4.69, 9.17) is 4.74 Å². The summed E-state index contributed by atoms with van der Waals surface area (Å²) in [5.41, 5.74) is 1.12.